The Labute approximate surface area is 860 Å². The summed E-state index contributed by atoms with van der Waals surface area (Å²) in [5, 5.41) is 6.83. The summed E-state index contributed by atoms with van der Waals surface area (Å²) < 4.78 is 52.9. The minimum atomic E-state index is -3.42. The molecule has 3 aliphatic heterocycles. The Bertz CT molecular complexity index is 4380. The summed E-state index contributed by atoms with van der Waals surface area (Å²) >= 11 is 0. The Morgan fingerprint density at radius 1 is 0.461 bits per heavy atom. The highest BCUT2D eigenvalue weighted by molar-refractivity contribution is 7.89. The van der Waals surface area contributed by atoms with E-state index in [0.29, 0.717) is 91.2 Å². The van der Waals surface area contributed by atoms with Gasteiger partial charge in [0.05, 0.1) is 54.1 Å². The third kappa shape index (κ3) is 62.3. The molecule has 11 rings (SSSR count). The van der Waals surface area contributed by atoms with Crippen molar-refractivity contribution < 1.29 is 36.9 Å². The van der Waals surface area contributed by atoms with Crippen molar-refractivity contribution in [2.75, 3.05) is 172 Å². The third-order valence-corrected chi connectivity index (χ3v) is 25.3. The van der Waals surface area contributed by atoms with E-state index < -0.39 is 10.0 Å². The number of piperidine rings is 2. The number of carbonyl (C=O) groups is 1. The molecule has 2 atom stereocenters. The van der Waals surface area contributed by atoms with Gasteiger partial charge in [0.15, 0.2) is 0 Å². The minimum absolute atomic E-state index is 0.00704. The van der Waals surface area contributed by atoms with Crippen LogP contribution in [0.1, 0.15) is 255 Å². The van der Waals surface area contributed by atoms with Gasteiger partial charge in [0.1, 0.15) is 30.4 Å². The number of likely N-dealkylation sites (tertiary alicyclic amines) is 2. The van der Waals surface area contributed by atoms with E-state index in [9.17, 15) is 13.2 Å². The predicted molar refractivity (Wildman–Crippen MR) is 596 cm³/mol. The van der Waals surface area contributed by atoms with E-state index >= 15 is 0 Å². The number of benzene rings is 4. The van der Waals surface area contributed by atoms with E-state index in [1.165, 1.54) is 93.2 Å². The highest BCUT2D eigenvalue weighted by atomic mass is 32.2. The number of methoxy groups -OCH3 is 2. The number of pyridine rings is 4. The number of hydrogen-bond acceptors (Lipinski definition) is 20. The number of nitrogens with one attached hydrogen (secondary N) is 2. The van der Waals surface area contributed by atoms with Crippen LogP contribution in [0.2, 0.25) is 0 Å². The molecule has 3 aliphatic rings. The van der Waals surface area contributed by atoms with Crippen LogP contribution in [-0.2, 0) is 50.5 Å². The number of para-hydroxylation sites is 3. The summed E-state index contributed by atoms with van der Waals surface area (Å²) in [5.41, 5.74) is 8.30. The van der Waals surface area contributed by atoms with Crippen molar-refractivity contribution >= 4 is 21.6 Å². The first-order valence-corrected chi connectivity index (χ1v) is 54.4. The van der Waals surface area contributed by atoms with Crippen LogP contribution in [0.25, 0.3) is 0 Å². The molecule has 0 spiro atoms. The van der Waals surface area contributed by atoms with Gasteiger partial charge in [-0.25, -0.2) is 13.4 Å². The van der Waals surface area contributed by atoms with Crippen molar-refractivity contribution in [3.8, 4) is 11.5 Å². The van der Waals surface area contributed by atoms with Gasteiger partial charge in [0.25, 0.3) is 5.91 Å². The summed E-state index contributed by atoms with van der Waals surface area (Å²) in [6, 6.07) is 60.4. The number of rotatable bonds is 42. The van der Waals surface area contributed by atoms with Gasteiger partial charge >= 0.3 is 0 Å². The molecule has 0 radical (unpaired) electrons. The lowest BCUT2D eigenvalue weighted by Gasteiger charge is -2.34. The van der Waals surface area contributed by atoms with E-state index in [1.807, 2.05) is 143 Å². The second-order valence-electron chi connectivity index (χ2n) is 41.8. The maximum absolute atomic E-state index is 12.4. The lowest BCUT2D eigenvalue weighted by Crippen LogP contribution is -2.40. The fourth-order valence-electron chi connectivity index (χ4n) is 15.7. The van der Waals surface area contributed by atoms with Crippen molar-refractivity contribution in [1.29, 1.82) is 0 Å². The molecule has 2 unspecified atom stereocenters. The molecule has 4 aromatic heterocycles. The Morgan fingerprint density at radius 2 is 0.965 bits per heavy atom. The second kappa shape index (κ2) is 77.3. The number of hydrogen-bond donors (Lipinski definition) is 2. The smallest absolute Gasteiger partial charge is 0.272 e. The topological polar surface area (TPSA) is 199 Å². The summed E-state index contributed by atoms with van der Waals surface area (Å²) in [6.07, 6.45) is 14.1. The molecular weight excluding hydrogens is 1770 g/mol. The van der Waals surface area contributed by atoms with Gasteiger partial charge in [-0.2, -0.15) is 4.31 Å². The average molecular weight is 1970 g/mol. The fourth-order valence-corrected chi connectivity index (χ4v) is 17.4. The van der Waals surface area contributed by atoms with E-state index in [4.69, 9.17) is 23.7 Å². The van der Waals surface area contributed by atoms with Crippen molar-refractivity contribution in [1.82, 2.24) is 63.9 Å². The minimum Gasteiger partial charge on any atom is -0.489 e. The molecular formula is C118H198N14O8S. The molecule has 0 aliphatic carbocycles. The van der Waals surface area contributed by atoms with Crippen molar-refractivity contribution in [2.45, 2.75) is 267 Å². The monoisotopic (exact) mass is 1970 g/mol. The number of ether oxygens (including phenoxy) is 5. The summed E-state index contributed by atoms with van der Waals surface area (Å²) in [6.45, 7) is 78.2. The molecule has 22 nitrogen and oxygen atoms in total. The number of sulfonamides is 1. The van der Waals surface area contributed by atoms with Crippen LogP contribution in [0.3, 0.4) is 0 Å². The number of amides is 1. The van der Waals surface area contributed by atoms with Crippen molar-refractivity contribution in [2.24, 2.45) is 53.3 Å². The van der Waals surface area contributed by atoms with Gasteiger partial charge in [-0.1, -0.05) is 241 Å². The molecule has 3 fully saturated rings. The zero-order valence-electron chi connectivity index (χ0n) is 93.8. The molecule has 7 heterocycles. The molecule has 794 valence electrons. The molecule has 141 heavy (non-hydrogen) atoms. The Balaban J connectivity index is 0.000000533. The average Bonchev–Trinajstić information content (AvgIpc) is 0.808. The summed E-state index contributed by atoms with van der Waals surface area (Å²) in [5.74, 6) is 8.17. The maximum Gasteiger partial charge on any atom is 0.272 e. The molecule has 23 heteroatoms. The van der Waals surface area contributed by atoms with Gasteiger partial charge in [-0.3, -0.25) is 34.4 Å². The number of anilines is 1. The Hall–Kier alpha value is -8.14. The number of nitrogens with zero attached hydrogens (tertiary/aromatic N) is 12. The van der Waals surface area contributed by atoms with Crippen LogP contribution in [0.15, 0.2) is 205 Å². The van der Waals surface area contributed by atoms with Gasteiger partial charge < -0.3 is 53.9 Å². The quantitative estimate of drug-likeness (QED) is 0.0342. The lowest BCUT2D eigenvalue weighted by atomic mass is 10.0. The highest BCUT2D eigenvalue weighted by Gasteiger charge is 2.27. The normalized spacial score (nSPS) is 13.9. The largest absolute Gasteiger partial charge is 0.489 e. The van der Waals surface area contributed by atoms with Gasteiger partial charge in [0, 0.05) is 160 Å². The predicted octanol–water partition coefficient (Wildman–Crippen LogP) is 24.1. The molecule has 1 amide bonds. The molecule has 3 saturated heterocycles. The van der Waals surface area contributed by atoms with Crippen LogP contribution in [0.4, 0.5) is 5.69 Å². The van der Waals surface area contributed by atoms with Crippen LogP contribution < -0.4 is 20.1 Å². The number of aromatic nitrogens is 4. The third-order valence-electron chi connectivity index (χ3n) is 23.2. The SMILES string of the molecule is CC(C)C(C)N1CCCCC1.CC(C)CN(C)C(C)c1ccccn1.CC(C)CN(C)Cc1ccccn1.CC(C)CN(Cc1ccccn1)C(C)C.CC(C)CN1CCCCC1.CC(C)CN1CCOCC1.CC(C)CNCc1ccccc1OCc1ccccc1.COCCN(C(C)C)S(=O)(=O)c1ccccc1.COCCOc1ccccc1NCC(C)C.Cc1cccc(C(=O)N(C)CC(C)C)n1. The van der Waals surface area contributed by atoms with E-state index in [-0.39, 0.29) is 11.9 Å². The highest BCUT2D eigenvalue weighted by Crippen LogP contribution is 2.26. The first-order valence-electron chi connectivity index (χ1n) is 52.9. The standard InChI is InChI=1S/C18H23NO.C13H22N2.C13H21NO2.C12H18N2O.C12H20N2.C12H19NO3S.C11H18N2.C10H21N.C9H19N.C8H17NO/c1-15(2)12-19-13-17-10-6-7-11-18(17)20-14-16-8-4-3-5-9-16;1-11(2)9-15(12(3)4)10-13-7-5-6-8-14-13;1-11(2)10-14-12-6-4-5-7-13(12)16-9-8-15-3;1-9(2)8-14(4)12(15)11-7-5-6-10(3)13-11;1-10(2)9-14(4)11(3)12-7-5-6-8-13-12;1-11(2)13(9-10-16-3)17(14,15)12-7-5-4-6-8-12;1-10(2)8-13(3)9-11-6-4-5-7-12-11;1-9(2)10(3)11-7-5-4-6-8-11;1-9(2)8-10-6-4-3-5-7-10;1-8(2)7-9-3-5-10-6-4-9/h3-11,15,19H,12-14H2,1-2H3;5-8,11-12H,9-10H2,1-4H3;4-7,11,14H,8-10H2,1-3H3;5-7,9H,8H2,1-4H3;5-8,10-11H,9H2,1-4H3;4-8,11H,9-10H2,1-3H3;4-7,10H,8-9H2,1-3H3;9-10H,4-8H2,1-3H3;9H,3-8H2,1-2H3;8H,3-7H2,1-2H3. The fraction of sp³-hybridized carbons (Fsp3) is 0.619. The first kappa shape index (κ1) is 129. The number of aryl methyl sites for hydroxylation is 1. The van der Waals surface area contributed by atoms with Crippen LogP contribution in [0, 0.1) is 60.2 Å². The van der Waals surface area contributed by atoms with Crippen LogP contribution in [-0.4, -0.2) is 258 Å². The number of morpholine rings is 1. The Kier molecular flexibility index (Phi) is 70.7. The molecule has 4 aromatic carbocycles. The molecule has 2 N–H and O–H groups in total. The molecule has 8 aromatic rings. The molecule has 0 saturated carbocycles. The molecule has 0 bridgehead atoms. The number of carbonyl (C=O) groups excluding carboxylic acids is 1. The maximum atomic E-state index is 12.4. The van der Waals surface area contributed by atoms with Crippen LogP contribution >= 0.6 is 0 Å². The van der Waals surface area contributed by atoms with Gasteiger partial charge in [-0.05, 0) is 259 Å². The van der Waals surface area contributed by atoms with E-state index in [2.05, 4.69) is 275 Å². The second-order valence-corrected chi connectivity index (χ2v) is 43.7. The van der Waals surface area contributed by atoms with Crippen LogP contribution in [0.5, 0.6) is 11.5 Å². The Morgan fingerprint density at radius 3 is 1.46 bits per heavy atom. The van der Waals surface area contributed by atoms with E-state index in [1.54, 1.807) is 55.5 Å². The first-order chi connectivity index (χ1) is 67.2. The summed E-state index contributed by atoms with van der Waals surface area (Å²) in [4.78, 5) is 46.0. The van der Waals surface area contributed by atoms with Gasteiger partial charge in [0.2, 0.25) is 10.0 Å². The van der Waals surface area contributed by atoms with Crippen molar-refractivity contribution in [3.63, 3.8) is 0 Å². The van der Waals surface area contributed by atoms with E-state index in [0.717, 1.165) is 149 Å². The van der Waals surface area contributed by atoms with Crippen molar-refractivity contribution in [3.05, 3.63) is 240 Å². The lowest BCUT2D eigenvalue weighted by molar-refractivity contribution is 0.0329. The summed E-state index contributed by atoms with van der Waals surface area (Å²) in [7, 11) is 5.91. The zero-order chi connectivity index (χ0) is 105. The van der Waals surface area contributed by atoms with Gasteiger partial charge in [-0.15, -0.1) is 0 Å². The zero-order valence-corrected chi connectivity index (χ0v) is 94.6.